The van der Waals surface area contributed by atoms with E-state index in [4.69, 9.17) is 5.73 Å². The highest BCUT2D eigenvalue weighted by molar-refractivity contribution is 5.48. The highest BCUT2D eigenvalue weighted by Crippen LogP contribution is 2.15. The molecule has 0 saturated carbocycles. The van der Waals surface area contributed by atoms with E-state index in [1.807, 2.05) is 6.07 Å². The second kappa shape index (κ2) is 4.12. The van der Waals surface area contributed by atoms with Gasteiger partial charge in [0.1, 0.15) is 5.82 Å². The molecule has 15 heavy (non-hydrogen) atoms. The number of hydrogen-bond donors (Lipinski definition) is 1. The summed E-state index contributed by atoms with van der Waals surface area (Å²) in [6.45, 7) is 2.90. The van der Waals surface area contributed by atoms with Gasteiger partial charge in [-0.3, -0.25) is 5.01 Å². The van der Waals surface area contributed by atoms with Crippen molar-refractivity contribution in [3.8, 4) is 0 Å². The Balaban J connectivity index is 2.01. The van der Waals surface area contributed by atoms with Gasteiger partial charge in [0.2, 0.25) is 0 Å². The monoisotopic (exact) mass is 207 g/mol. The van der Waals surface area contributed by atoms with Gasteiger partial charge in [-0.1, -0.05) is 0 Å². The average molecular weight is 207 g/mol. The lowest BCUT2D eigenvalue weighted by atomic mass is 10.3. The zero-order valence-corrected chi connectivity index (χ0v) is 8.33. The van der Waals surface area contributed by atoms with Crippen LogP contribution in [0.1, 0.15) is 0 Å². The molecule has 2 heterocycles. The lowest BCUT2D eigenvalue weighted by molar-refractivity contribution is 0.266. The van der Waals surface area contributed by atoms with Crippen LogP contribution in [0.3, 0.4) is 0 Å². The number of anilines is 2. The Morgan fingerprint density at radius 3 is 2.53 bits per heavy atom. The third-order valence-electron chi connectivity index (χ3n) is 2.51. The Kier molecular flexibility index (Phi) is 2.66. The molecular formula is C9H13N5O. The smallest absolute Gasteiger partial charge is 0.123 e. The van der Waals surface area contributed by atoms with Gasteiger partial charge >= 0.3 is 0 Å². The van der Waals surface area contributed by atoms with Crippen LogP contribution in [-0.4, -0.2) is 36.2 Å². The van der Waals surface area contributed by atoms with Crippen molar-refractivity contribution in [3.05, 3.63) is 23.2 Å². The summed E-state index contributed by atoms with van der Waals surface area (Å²) in [6.07, 6.45) is 1.75. The quantitative estimate of drug-likeness (QED) is 0.713. The van der Waals surface area contributed by atoms with Crippen molar-refractivity contribution in [3.63, 3.8) is 0 Å². The summed E-state index contributed by atoms with van der Waals surface area (Å²) in [4.78, 5) is 16.5. The van der Waals surface area contributed by atoms with Gasteiger partial charge in [0.15, 0.2) is 0 Å². The van der Waals surface area contributed by atoms with Crippen molar-refractivity contribution >= 4 is 11.5 Å². The predicted octanol–water partition coefficient (Wildman–Crippen LogP) is 0.467. The van der Waals surface area contributed by atoms with E-state index < -0.39 is 0 Å². The van der Waals surface area contributed by atoms with Crippen molar-refractivity contribution in [2.75, 3.05) is 36.8 Å². The van der Waals surface area contributed by atoms with Crippen LogP contribution in [0.25, 0.3) is 0 Å². The first kappa shape index (κ1) is 9.70. The van der Waals surface area contributed by atoms with Crippen LogP contribution in [0.2, 0.25) is 0 Å². The molecule has 1 aliphatic rings. The van der Waals surface area contributed by atoms with Gasteiger partial charge in [-0.15, -0.1) is 4.91 Å². The fourth-order valence-corrected chi connectivity index (χ4v) is 1.62. The fraction of sp³-hybridized carbons (Fsp3) is 0.444. The number of nitroso groups, excluding NO2 is 1. The molecule has 80 valence electrons. The molecule has 1 aliphatic heterocycles. The van der Waals surface area contributed by atoms with E-state index in [1.54, 1.807) is 12.3 Å². The lowest BCUT2D eigenvalue weighted by Crippen LogP contribution is -2.43. The Morgan fingerprint density at radius 2 is 2.00 bits per heavy atom. The van der Waals surface area contributed by atoms with Crippen LogP contribution >= 0.6 is 0 Å². The Labute approximate surface area is 87.6 Å². The third-order valence-corrected chi connectivity index (χ3v) is 2.51. The number of piperazine rings is 1. The first-order chi connectivity index (χ1) is 7.29. The van der Waals surface area contributed by atoms with Crippen molar-refractivity contribution in [1.29, 1.82) is 0 Å². The summed E-state index contributed by atoms with van der Waals surface area (Å²) in [7, 11) is 0. The summed E-state index contributed by atoms with van der Waals surface area (Å²) in [5.41, 5.74) is 6.54. The minimum Gasteiger partial charge on any atom is -0.384 e. The Morgan fingerprint density at radius 1 is 1.27 bits per heavy atom. The van der Waals surface area contributed by atoms with Crippen molar-refractivity contribution in [2.24, 2.45) is 5.29 Å². The molecule has 1 fully saturated rings. The molecule has 0 bridgehead atoms. The summed E-state index contributed by atoms with van der Waals surface area (Å²) >= 11 is 0. The maximum absolute atomic E-state index is 10.3. The van der Waals surface area contributed by atoms with E-state index in [9.17, 15) is 4.91 Å². The normalized spacial score (nSPS) is 16.5. The molecule has 0 amide bonds. The van der Waals surface area contributed by atoms with Gasteiger partial charge in [0.05, 0.1) is 30.3 Å². The standard InChI is InChI=1S/C9H13N5O/c10-9-2-1-8(7-11-9)13-3-5-14(12-15)6-4-13/h1-2,7H,3-6H2,(H2,10,11). The molecule has 0 atom stereocenters. The van der Waals surface area contributed by atoms with Crippen molar-refractivity contribution in [1.82, 2.24) is 9.99 Å². The number of pyridine rings is 1. The molecule has 0 unspecified atom stereocenters. The van der Waals surface area contributed by atoms with Crippen LogP contribution in [0.5, 0.6) is 0 Å². The zero-order chi connectivity index (χ0) is 10.7. The molecule has 1 saturated heterocycles. The summed E-state index contributed by atoms with van der Waals surface area (Å²) < 4.78 is 0. The summed E-state index contributed by atoms with van der Waals surface area (Å²) in [6, 6.07) is 3.71. The summed E-state index contributed by atoms with van der Waals surface area (Å²) in [5, 5.41) is 4.44. The average Bonchev–Trinajstić information content (AvgIpc) is 2.30. The number of hydrogen-bond acceptors (Lipinski definition) is 5. The first-order valence-corrected chi connectivity index (χ1v) is 4.84. The lowest BCUT2D eigenvalue weighted by Gasteiger charge is -2.32. The van der Waals surface area contributed by atoms with Crippen LogP contribution in [-0.2, 0) is 0 Å². The molecule has 0 radical (unpaired) electrons. The molecule has 1 aromatic rings. The molecule has 0 aromatic carbocycles. The van der Waals surface area contributed by atoms with Crippen LogP contribution in [0, 0.1) is 4.91 Å². The van der Waals surface area contributed by atoms with Gasteiger partial charge in [0, 0.05) is 13.1 Å². The second-order valence-corrected chi connectivity index (χ2v) is 3.46. The minimum atomic E-state index is 0.520. The molecule has 0 aliphatic carbocycles. The maximum Gasteiger partial charge on any atom is 0.123 e. The molecule has 2 N–H and O–H groups in total. The minimum absolute atomic E-state index is 0.520. The van der Waals surface area contributed by atoms with E-state index >= 15 is 0 Å². The predicted molar refractivity (Wildman–Crippen MR) is 58.2 cm³/mol. The van der Waals surface area contributed by atoms with Crippen molar-refractivity contribution in [2.45, 2.75) is 0 Å². The summed E-state index contributed by atoms with van der Waals surface area (Å²) in [5.74, 6) is 0.520. The van der Waals surface area contributed by atoms with Gasteiger partial charge in [-0.25, -0.2) is 4.98 Å². The second-order valence-electron chi connectivity index (χ2n) is 3.46. The Bertz CT molecular complexity index is 331. The number of aromatic nitrogens is 1. The Hall–Kier alpha value is -1.85. The molecule has 6 heteroatoms. The number of rotatable bonds is 2. The van der Waals surface area contributed by atoms with Crippen LogP contribution in [0.15, 0.2) is 23.6 Å². The first-order valence-electron chi connectivity index (χ1n) is 4.84. The van der Waals surface area contributed by atoms with Crippen LogP contribution < -0.4 is 10.6 Å². The fourth-order valence-electron chi connectivity index (χ4n) is 1.62. The molecule has 0 spiro atoms. The van der Waals surface area contributed by atoms with Crippen molar-refractivity contribution < 1.29 is 0 Å². The van der Waals surface area contributed by atoms with Gasteiger partial charge in [0.25, 0.3) is 0 Å². The van der Waals surface area contributed by atoms with E-state index in [0.717, 1.165) is 18.8 Å². The van der Waals surface area contributed by atoms with E-state index in [2.05, 4.69) is 15.2 Å². The van der Waals surface area contributed by atoms with E-state index in [0.29, 0.717) is 18.9 Å². The van der Waals surface area contributed by atoms with Crippen LogP contribution in [0.4, 0.5) is 11.5 Å². The third kappa shape index (κ3) is 2.15. The van der Waals surface area contributed by atoms with Gasteiger partial charge < -0.3 is 10.6 Å². The SMILES string of the molecule is Nc1ccc(N2CCN(N=O)CC2)cn1. The maximum atomic E-state index is 10.3. The largest absolute Gasteiger partial charge is 0.384 e. The van der Waals surface area contributed by atoms with Gasteiger partial charge in [-0.05, 0) is 12.1 Å². The van der Waals surface area contributed by atoms with E-state index in [-0.39, 0.29) is 0 Å². The van der Waals surface area contributed by atoms with Gasteiger partial charge in [-0.2, -0.15) is 0 Å². The molecule has 1 aromatic heterocycles. The van der Waals surface area contributed by atoms with E-state index in [1.165, 1.54) is 5.01 Å². The molecule has 6 nitrogen and oxygen atoms in total. The zero-order valence-electron chi connectivity index (χ0n) is 8.33. The topological polar surface area (TPSA) is 74.8 Å². The number of nitrogens with two attached hydrogens (primary N) is 1. The number of nitrogen functional groups attached to an aromatic ring is 1. The molecule has 2 rings (SSSR count). The highest BCUT2D eigenvalue weighted by Gasteiger charge is 2.16. The molecular weight excluding hydrogens is 194 g/mol. The number of nitrogens with zero attached hydrogens (tertiary/aromatic N) is 4. The highest BCUT2D eigenvalue weighted by atomic mass is 16.3.